The molecule has 0 fully saturated rings. The minimum Gasteiger partial charge on any atom is -0.312 e. The van der Waals surface area contributed by atoms with Crippen LogP contribution in [0.25, 0.3) is 0 Å². The summed E-state index contributed by atoms with van der Waals surface area (Å²) >= 11 is 0. The molecular weight excluding hydrogens is 206 g/mol. The predicted molar refractivity (Wildman–Crippen MR) is 73.9 cm³/mol. The van der Waals surface area contributed by atoms with Crippen LogP contribution in [0.3, 0.4) is 0 Å². The van der Waals surface area contributed by atoms with Crippen molar-refractivity contribution in [2.24, 2.45) is 0 Å². The first kappa shape index (κ1) is 12.4. The summed E-state index contributed by atoms with van der Waals surface area (Å²) in [5, 5.41) is 3.53. The second kappa shape index (κ2) is 7.29. The molecule has 1 aromatic rings. The zero-order valence-corrected chi connectivity index (χ0v) is 10.6. The van der Waals surface area contributed by atoms with Crippen LogP contribution >= 0.6 is 0 Å². The van der Waals surface area contributed by atoms with Gasteiger partial charge in [0.15, 0.2) is 0 Å². The molecule has 0 spiro atoms. The molecule has 1 aliphatic carbocycles. The predicted octanol–water partition coefficient (Wildman–Crippen LogP) is 4.06. The van der Waals surface area contributed by atoms with Crippen LogP contribution in [0.4, 0.5) is 0 Å². The van der Waals surface area contributed by atoms with E-state index in [1.54, 1.807) is 5.57 Å². The Morgan fingerprint density at radius 1 is 1.00 bits per heavy atom. The van der Waals surface area contributed by atoms with E-state index in [0.29, 0.717) is 0 Å². The van der Waals surface area contributed by atoms with Crippen LogP contribution < -0.4 is 5.32 Å². The first-order valence-electron chi connectivity index (χ1n) is 6.88. The highest BCUT2D eigenvalue weighted by molar-refractivity contribution is 5.14. The van der Waals surface area contributed by atoms with Gasteiger partial charge >= 0.3 is 0 Å². The smallest absolute Gasteiger partial charge is 0.0205 e. The molecule has 0 saturated heterocycles. The lowest BCUT2D eigenvalue weighted by Crippen LogP contribution is -2.15. The lowest BCUT2D eigenvalue weighted by atomic mass is 10.1. The zero-order chi connectivity index (χ0) is 11.8. The van der Waals surface area contributed by atoms with Gasteiger partial charge in [0.1, 0.15) is 0 Å². The lowest BCUT2D eigenvalue weighted by Gasteiger charge is -2.07. The summed E-state index contributed by atoms with van der Waals surface area (Å²) in [7, 11) is 0. The molecule has 2 rings (SSSR count). The van der Waals surface area contributed by atoms with E-state index in [2.05, 4.69) is 41.7 Å². The molecule has 1 nitrogen and oxygen atoms in total. The molecule has 0 unspecified atom stereocenters. The fraction of sp³-hybridized carbons (Fsp3) is 0.500. The van der Waals surface area contributed by atoms with Crippen molar-refractivity contribution >= 4 is 0 Å². The second-order valence-corrected chi connectivity index (χ2v) is 4.87. The van der Waals surface area contributed by atoms with E-state index in [4.69, 9.17) is 0 Å². The van der Waals surface area contributed by atoms with Crippen molar-refractivity contribution in [3.05, 3.63) is 47.5 Å². The summed E-state index contributed by atoms with van der Waals surface area (Å²) in [4.78, 5) is 0. The number of allylic oxidation sites excluding steroid dienone is 1. The fourth-order valence-electron chi connectivity index (χ4n) is 2.39. The van der Waals surface area contributed by atoms with Gasteiger partial charge in [0, 0.05) is 6.54 Å². The van der Waals surface area contributed by atoms with Gasteiger partial charge in [-0.15, -0.1) is 0 Å². The number of benzene rings is 1. The average Bonchev–Trinajstić information content (AvgIpc) is 2.65. The van der Waals surface area contributed by atoms with Crippen molar-refractivity contribution in [2.45, 2.75) is 45.1 Å². The molecule has 0 aromatic heterocycles. The lowest BCUT2D eigenvalue weighted by molar-refractivity contribution is 0.658. The van der Waals surface area contributed by atoms with E-state index >= 15 is 0 Å². The second-order valence-electron chi connectivity index (χ2n) is 4.87. The van der Waals surface area contributed by atoms with Crippen molar-refractivity contribution in [3.8, 4) is 0 Å². The highest BCUT2D eigenvalue weighted by Gasteiger charge is 2.02. The summed E-state index contributed by atoms with van der Waals surface area (Å²) in [6, 6.07) is 10.6. The van der Waals surface area contributed by atoms with Gasteiger partial charge in [-0.1, -0.05) is 48.4 Å². The Bertz CT molecular complexity index is 340. The molecule has 1 aromatic carbocycles. The standard InChI is InChI=1S/C16H23N/c1-2-5-9-15(8-4-1)12-13-17-14-16-10-6-3-7-11-16/h3,6-8,10-11,17H,1-2,4-5,9,12-14H2. The Kier molecular flexibility index (Phi) is 5.31. The van der Waals surface area contributed by atoms with Gasteiger partial charge in [-0.25, -0.2) is 0 Å². The number of hydrogen-bond donors (Lipinski definition) is 1. The summed E-state index contributed by atoms with van der Waals surface area (Å²) < 4.78 is 0. The Hall–Kier alpha value is -1.08. The molecule has 0 bridgehead atoms. The highest BCUT2D eigenvalue weighted by atomic mass is 14.8. The van der Waals surface area contributed by atoms with E-state index in [-0.39, 0.29) is 0 Å². The summed E-state index contributed by atoms with van der Waals surface area (Å²) in [5.41, 5.74) is 3.05. The Labute approximate surface area is 105 Å². The Balaban J connectivity index is 1.64. The third kappa shape index (κ3) is 4.74. The van der Waals surface area contributed by atoms with E-state index in [1.807, 2.05) is 0 Å². The molecule has 0 aliphatic heterocycles. The quantitative estimate of drug-likeness (QED) is 0.593. The Morgan fingerprint density at radius 2 is 1.88 bits per heavy atom. The maximum absolute atomic E-state index is 3.53. The van der Waals surface area contributed by atoms with Crippen LogP contribution in [-0.4, -0.2) is 6.54 Å². The minimum absolute atomic E-state index is 0.994. The first-order valence-corrected chi connectivity index (χ1v) is 6.88. The van der Waals surface area contributed by atoms with Crippen LogP contribution in [-0.2, 0) is 6.54 Å². The van der Waals surface area contributed by atoms with Gasteiger partial charge in [-0.2, -0.15) is 0 Å². The van der Waals surface area contributed by atoms with Crippen molar-refractivity contribution in [2.75, 3.05) is 6.54 Å². The van der Waals surface area contributed by atoms with Crippen molar-refractivity contribution in [3.63, 3.8) is 0 Å². The maximum atomic E-state index is 3.53. The summed E-state index contributed by atoms with van der Waals surface area (Å²) in [5.74, 6) is 0. The van der Waals surface area contributed by atoms with E-state index in [0.717, 1.165) is 13.1 Å². The monoisotopic (exact) mass is 229 g/mol. The molecule has 0 saturated carbocycles. The Morgan fingerprint density at radius 3 is 2.76 bits per heavy atom. The van der Waals surface area contributed by atoms with Crippen molar-refractivity contribution < 1.29 is 0 Å². The molecule has 0 radical (unpaired) electrons. The molecule has 17 heavy (non-hydrogen) atoms. The number of hydrogen-bond acceptors (Lipinski definition) is 1. The molecule has 1 N–H and O–H groups in total. The molecular formula is C16H23N. The fourth-order valence-corrected chi connectivity index (χ4v) is 2.39. The first-order chi connectivity index (χ1) is 8.45. The van der Waals surface area contributed by atoms with Crippen LogP contribution in [0.15, 0.2) is 42.0 Å². The largest absolute Gasteiger partial charge is 0.312 e. The topological polar surface area (TPSA) is 12.0 Å². The van der Waals surface area contributed by atoms with Crippen LogP contribution in [0.2, 0.25) is 0 Å². The van der Waals surface area contributed by atoms with E-state index in [1.165, 1.54) is 44.1 Å². The summed E-state index contributed by atoms with van der Waals surface area (Å²) in [6.07, 6.45) is 10.5. The van der Waals surface area contributed by atoms with E-state index in [9.17, 15) is 0 Å². The van der Waals surface area contributed by atoms with Crippen LogP contribution in [0.5, 0.6) is 0 Å². The SMILES string of the molecule is C1=C(CCNCc2ccccc2)CCCCC1. The average molecular weight is 229 g/mol. The van der Waals surface area contributed by atoms with Gasteiger partial charge in [0.25, 0.3) is 0 Å². The highest BCUT2D eigenvalue weighted by Crippen LogP contribution is 2.19. The third-order valence-electron chi connectivity index (χ3n) is 3.43. The van der Waals surface area contributed by atoms with Crippen LogP contribution in [0.1, 0.15) is 44.1 Å². The van der Waals surface area contributed by atoms with Gasteiger partial charge in [-0.05, 0) is 44.2 Å². The molecule has 0 heterocycles. The van der Waals surface area contributed by atoms with Gasteiger partial charge in [-0.3, -0.25) is 0 Å². The summed E-state index contributed by atoms with van der Waals surface area (Å²) in [6.45, 7) is 2.11. The normalized spacial score (nSPS) is 16.4. The van der Waals surface area contributed by atoms with Gasteiger partial charge in [0.05, 0.1) is 0 Å². The third-order valence-corrected chi connectivity index (χ3v) is 3.43. The van der Waals surface area contributed by atoms with Crippen molar-refractivity contribution in [1.29, 1.82) is 0 Å². The maximum Gasteiger partial charge on any atom is 0.0205 e. The van der Waals surface area contributed by atoms with Crippen LogP contribution in [0, 0.1) is 0 Å². The van der Waals surface area contributed by atoms with Gasteiger partial charge < -0.3 is 5.32 Å². The molecule has 0 amide bonds. The molecule has 92 valence electrons. The molecule has 0 atom stereocenters. The van der Waals surface area contributed by atoms with Gasteiger partial charge in [0.2, 0.25) is 0 Å². The zero-order valence-electron chi connectivity index (χ0n) is 10.6. The number of rotatable bonds is 5. The molecule has 1 aliphatic rings. The van der Waals surface area contributed by atoms with E-state index < -0.39 is 0 Å². The molecule has 1 heteroatoms. The number of nitrogens with one attached hydrogen (secondary N) is 1. The van der Waals surface area contributed by atoms with Crippen molar-refractivity contribution in [1.82, 2.24) is 5.32 Å². The minimum atomic E-state index is 0.994.